The fraction of sp³-hybridized carbons (Fsp3) is 0.280. The third kappa shape index (κ3) is 3.57. The van der Waals surface area contributed by atoms with Crippen LogP contribution in [0.2, 0.25) is 0 Å². The van der Waals surface area contributed by atoms with E-state index in [1.54, 1.807) is 12.4 Å². The molecule has 1 aromatic carbocycles. The lowest BCUT2D eigenvalue weighted by Gasteiger charge is -2.12. The Labute approximate surface area is 190 Å². The third-order valence-electron chi connectivity index (χ3n) is 6.62. The maximum absolute atomic E-state index is 12.7. The molecular weight excluding hydrogens is 416 g/mol. The van der Waals surface area contributed by atoms with Gasteiger partial charge in [0.2, 0.25) is 0 Å². The molecule has 0 unspecified atom stereocenters. The molecule has 0 amide bonds. The number of rotatable bonds is 5. The monoisotopic (exact) mass is 440 g/mol. The van der Waals surface area contributed by atoms with Crippen LogP contribution in [0, 0.1) is 5.92 Å². The minimum Gasteiger partial charge on any atom is -0.382 e. The molecule has 166 valence electrons. The minimum atomic E-state index is 0.0285. The Morgan fingerprint density at radius 2 is 2.00 bits per heavy atom. The number of aromatic nitrogens is 4. The van der Waals surface area contributed by atoms with Crippen molar-refractivity contribution in [1.82, 2.24) is 24.7 Å². The number of hydrogen-bond acceptors (Lipinski definition) is 7. The second-order valence-electron chi connectivity index (χ2n) is 8.71. The molecule has 3 N–H and O–H groups in total. The van der Waals surface area contributed by atoms with E-state index in [0.717, 1.165) is 47.9 Å². The van der Waals surface area contributed by atoms with Gasteiger partial charge in [0.1, 0.15) is 22.9 Å². The quantitative estimate of drug-likeness (QED) is 0.460. The minimum absolute atomic E-state index is 0.0285. The van der Waals surface area contributed by atoms with Gasteiger partial charge in [-0.05, 0) is 18.6 Å². The van der Waals surface area contributed by atoms with E-state index in [9.17, 15) is 4.79 Å². The highest BCUT2D eigenvalue weighted by molar-refractivity contribution is 5.98. The van der Waals surface area contributed by atoms with Crippen molar-refractivity contribution in [2.75, 3.05) is 18.9 Å². The number of ether oxygens (including phenoxy) is 1. The second kappa shape index (κ2) is 8.06. The van der Waals surface area contributed by atoms with Gasteiger partial charge in [0.25, 0.3) is 0 Å². The summed E-state index contributed by atoms with van der Waals surface area (Å²) in [5.74, 6) is 1.90. The fourth-order valence-electron chi connectivity index (χ4n) is 4.94. The molecule has 2 aliphatic rings. The summed E-state index contributed by atoms with van der Waals surface area (Å²) in [6.45, 7) is 1.54. The number of fused-ring (bicyclic) bond motifs is 2. The van der Waals surface area contributed by atoms with Crippen LogP contribution in [0.5, 0.6) is 0 Å². The number of pyridine rings is 1. The van der Waals surface area contributed by atoms with Crippen molar-refractivity contribution in [3.05, 3.63) is 78.1 Å². The number of carbonyl (C=O) groups excluding carboxylic acids is 1. The Balaban J connectivity index is 1.33. The van der Waals surface area contributed by atoms with Crippen LogP contribution in [-0.4, -0.2) is 44.4 Å². The highest BCUT2D eigenvalue weighted by Crippen LogP contribution is 2.37. The summed E-state index contributed by atoms with van der Waals surface area (Å²) in [5.41, 5.74) is 10.1. The molecule has 3 atom stereocenters. The number of imidazole rings is 1. The van der Waals surface area contributed by atoms with Gasteiger partial charge in [-0.2, -0.15) is 0 Å². The first-order valence-corrected chi connectivity index (χ1v) is 11.2. The zero-order valence-corrected chi connectivity index (χ0v) is 18.0. The molecule has 33 heavy (non-hydrogen) atoms. The van der Waals surface area contributed by atoms with E-state index >= 15 is 0 Å². The molecule has 2 aliphatic heterocycles. The van der Waals surface area contributed by atoms with Crippen molar-refractivity contribution >= 4 is 17.1 Å². The first kappa shape index (κ1) is 20.0. The first-order valence-electron chi connectivity index (χ1n) is 11.2. The van der Waals surface area contributed by atoms with E-state index in [2.05, 4.69) is 15.3 Å². The number of hydrogen-bond donors (Lipinski definition) is 2. The maximum atomic E-state index is 12.7. The normalized spacial score (nSPS) is 22.0. The van der Waals surface area contributed by atoms with Gasteiger partial charge in [-0.25, -0.2) is 9.97 Å². The van der Waals surface area contributed by atoms with Gasteiger partial charge in [-0.3, -0.25) is 14.2 Å². The van der Waals surface area contributed by atoms with E-state index < -0.39 is 0 Å². The zero-order valence-electron chi connectivity index (χ0n) is 18.0. The first-order chi connectivity index (χ1) is 16.2. The van der Waals surface area contributed by atoms with Crippen LogP contribution in [0.4, 0.5) is 5.82 Å². The molecule has 0 radical (unpaired) electrons. The number of nitrogens with two attached hydrogens (primary N) is 1. The van der Waals surface area contributed by atoms with Gasteiger partial charge in [0, 0.05) is 47.4 Å². The molecule has 2 saturated heterocycles. The maximum Gasteiger partial charge on any atom is 0.168 e. The van der Waals surface area contributed by atoms with Crippen LogP contribution in [-0.2, 0) is 11.2 Å². The van der Waals surface area contributed by atoms with Gasteiger partial charge in [0.15, 0.2) is 5.78 Å². The average Bonchev–Trinajstić information content (AvgIpc) is 3.54. The molecule has 8 heteroatoms. The highest BCUT2D eigenvalue weighted by Gasteiger charge is 2.40. The molecule has 0 bridgehead atoms. The average molecular weight is 441 g/mol. The Kier molecular flexibility index (Phi) is 4.89. The number of nitrogens with one attached hydrogen (secondary N) is 1. The largest absolute Gasteiger partial charge is 0.382 e. The van der Waals surface area contributed by atoms with E-state index in [0.29, 0.717) is 23.3 Å². The van der Waals surface area contributed by atoms with Crippen LogP contribution in [0.1, 0.15) is 34.3 Å². The number of anilines is 1. The Bertz CT molecular complexity index is 1310. The van der Waals surface area contributed by atoms with Crippen molar-refractivity contribution in [2.24, 2.45) is 5.92 Å². The topological polar surface area (TPSA) is 107 Å². The molecule has 6 rings (SSSR count). The molecule has 2 fully saturated rings. The van der Waals surface area contributed by atoms with Crippen molar-refractivity contribution < 1.29 is 9.53 Å². The van der Waals surface area contributed by atoms with Crippen LogP contribution < -0.4 is 11.1 Å². The lowest BCUT2D eigenvalue weighted by molar-refractivity contribution is 0.0992. The standard InChI is InChI=1S/C25H24N6O2/c26-24-23-22(16-6-4-15(5-7-16)21(32)12-18-3-1-2-8-27-18)30-25(31(23)10-9-28-24)19-11-17-13-33-14-20(17)29-19/h1-10,17,19-20,29H,11-14H2,(H2,26,28)/t17-,19-,20+/m0/s1. The van der Waals surface area contributed by atoms with Gasteiger partial charge in [-0.15, -0.1) is 0 Å². The number of benzene rings is 1. The van der Waals surface area contributed by atoms with Gasteiger partial charge < -0.3 is 15.8 Å². The Morgan fingerprint density at radius 1 is 1.12 bits per heavy atom. The molecule has 0 aliphatic carbocycles. The van der Waals surface area contributed by atoms with E-state index in [-0.39, 0.29) is 18.2 Å². The summed E-state index contributed by atoms with van der Waals surface area (Å²) in [5, 5.41) is 3.67. The van der Waals surface area contributed by atoms with Crippen LogP contribution in [0.3, 0.4) is 0 Å². The SMILES string of the molecule is Nc1nccn2c([C@@H]3C[C@H]4COC[C@H]4N3)nc(-c3ccc(C(=O)Cc4ccccn4)cc3)c12. The molecule has 3 aromatic heterocycles. The summed E-state index contributed by atoms with van der Waals surface area (Å²) in [7, 11) is 0. The molecule has 0 spiro atoms. The second-order valence-corrected chi connectivity index (χ2v) is 8.71. The van der Waals surface area contributed by atoms with E-state index in [4.69, 9.17) is 15.5 Å². The predicted octanol–water partition coefficient (Wildman–Crippen LogP) is 2.85. The Hall–Kier alpha value is -3.62. The van der Waals surface area contributed by atoms with Crippen molar-refractivity contribution in [3.63, 3.8) is 0 Å². The molecule has 4 aromatic rings. The van der Waals surface area contributed by atoms with Crippen molar-refractivity contribution in [3.8, 4) is 11.3 Å². The van der Waals surface area contributed by atoms with Crippen LogP contribution in [0.15, 0.2) is 61.1 Å². The summed E-state index contributed by atoms with van der Waals surface area (Å²) in [6, 6.07) is 13.6. The number of ketones is 1. The Morgan fingerprint density at radius 3 is 2.79 bits per heavy atom. The van der Waals surface area contributed by atoms with Gasteiger partial charge in [-0.1, -0.05) is 30.3 Å². The van der Waals surface area contributed by atoms with Gasteiger partial charge >= 0.3 is 0 Å². The van der Waals surface area contributed by atoms with Crippen molar-refractivity contribution in [2.45, 2.75) is 24.9 Å². The fourth-order valence-corrected chi connectivity index (χ4v) is 4.94. The van der Waals surface area contributed by atoms with E-state index in [1.807, 2.05) is 53.1 Å². The number of nitrogen functional groups attached to an aromatic ring is 1. The van der Waals surface area contributed by atoms with Crippen LogP contribution >= 0.6 is 0 Å². The summed E-state index contributed by atoms with van der Waals surface area (Å²) < 4.78 is 7.63. The number of Topliss-reactive ketones (excluding diaryl/α,β-unsaturated/α-hetero) is 1. The molecule has 0 saturated carbocycles. The van der Waals surface area contributed by atoms with Crippen LogP contribution in [0.25, 0.3) is 16.8 Å². The molecular formula is C25H24N6O2. The highest BCUT2D eigenvalue weighted by atomic mass is 16.5. The van der Waals surface area contributed by atoms with Gasteiger partial charge in [0.05, 0.1) is 25.7 Å². The zero-order chi connectivity index (χ0) is 22.4. The summed E-state index contributed by atoms with van der Waals surface area (Å²) >= 11 is 0. The summed E-state index contributed by atoms with van der Waals surface area (Å²) in [4.78, 5) is 26.3. The van der Waals surface area contributed by atoms with Crippen molar-refractivity contribution in [1.29, 1.82) is 0 Å². The number of carbonyl (C=O) groups is 1. The lowest BCUT2D eigenvalue weighted by Crippen LogP contribution is -2.28. The lowest BCUT2D eigenvalue weighted by atomic mass is 10.0. The molecule has 5 heterocycles. The van der Waals surface area contributed by atoms with E-state index in [1.165, 1.54) is 0 Å². The third-order valence-corrected chi connectivity index (χ3v) is 6.62. The smallest absolute Gasteiger partial charge is 0.168 e. The number of nitrogens with zero attached hydrogens (tertiary/aromatic N) is 4. The predicted molar refractivity (Wildman–Crippen MR) is 124 cm³/mol. The molecule has 8 nitrogen and oxygen atoms in total. The summed E-state index contributed by atoms with van der Waals surface area (Å²) in [6.07, 6.45) is 6.57.